The molecule has 7 heteroatoms. The molecule has 3 amide bonds. The summed E-state index contributed by atoms with van der Waals surface area (Å²) >= 11 is 2.38. The van der Waals surface area contributed by atoms with Crippen LogP contribution in [0.15, 0.2) is 40.6 Å². The zero-order valence-corrected chi connectivity index (χ0v) is 16.9. The van der Waals surface area contributed by atoms with E-state index in [0.29, 0.717) is 16.5 Å². The lowest BCUT2D eigenvalue weighted by Crippen LogP contribution is -2.36. The second-order valence-corrected chi connectivity index (χ2v) is 8.50. The molecule has 1 aromatic carbocycles. The second kappa shape index (κ2) is 8.10. The van der Waals surface area contributed by atoms with Crippen molar-refractivity contribution in [2.24, 2.45) is 0 Å². The van der Waals surface area contributed by atoms with Gasteiger partial charge in [-0.1, -0.05) is 26.0 Å². The summed E-state index contributed by atoms with van der Waals surface area (Å²) in [5.41, 5.74) is 2.86. The fraction of sp³-hybridized carbons (Fsp3) is 0.250. The predicted molar refractivity (Wildman–Crippen MR) is 111 cm³/mol. The van der Waals surface area contributed by atoms with Crippen molar-refractivity contribution in [3.63, 3.8) is 0 Å². The predicted octanol–water partition coefficient (Wildman–Crippen LogP) is 4.85. The van der Waals surface area contributed by atoms with E-state index in [0.717, 1.165) is 27.1 Å². The molecule has 2 heterocycles. The number of thioether (sulfide) groups is 1. The molecule has 0 aliphatic carbocycles. The van der Waals surface area contributed by atoms with Crippen LogP contribution in [0.1, 0.15) is 35.8 Å². The molecule has 1 saturated heterocycles. The Hall–Kier alpha value is -2.38. The van der Waals surface area contributed by atoms with Crippen LogP contribution in [-0.4, -0.2) is 28.5 Å². The molecule has 2 aromatic rings. The summed E-state index contributed by atoms with van der Waals surface area (Å²) in [6.45, 7) is 5.85. The Morgan fingerprint density at radius 2 is 1.89 bits per heavy atom. The Bertz CT molecular complexity index is 914. The number of amides is 3. The summed E-state index contributed by atoms with van der Waals surface area (Å²) in [6, 6.07) is 9.50. The number of hydrogen-bond donors (Lipinski definition) is 1. The van der Waals surface area contributed by atoms with E-state index in [1.807, 2.05) is 42.6 Å². The molecule has 1 N–H and O–H groups in total. The number of rotatable bonds is 5. The van der Waals surface area contributed by atoms with Crippen molar-refractivity contribution in [3.8, 4) is 0 Å². The molecule has 0 radical (unpaired) electrons. The minimum Gasteiger partial charge on any atom is -0.325 e. The van der Waals surface area contributed by atoms with Crippen LogP contribution in [0.4, 0.5) is 10.5 Å². The summed E-state index contributed by atoms with van der Waals surface area (Å²) in [6.07, 6.45) is 1.72. The number of carbonyl (C=O) groups excluding carboxylic acids is 3. The van der Waals surface area contributed by atoms with Gasteiger partial charge in [-0.2, -0.15) is 0 Å². The van der Waals surface area contributed by atoms with Gasteiger partial charge in [0.25, 0.3) is 11.1 Å². The quantitative estimate of drug-likeness (QED) is 0.728. The molecule has 5 nitrogen and oxygen atoms in total. The normalized spacial score (nSPS) is 15.9. The number of thiophene rings is 1. The van der Waals surface area contributed by atoms with Crippen molar-refractivity contribution in [2.75, 3.05) is 11.9 Å². The average molecular weight is 401 g/mol. The highest BCUT2D eigenvalue weighted by molar-refractivity contribution is 8.18. The Morgan fingerprint density at radius 1 is 1.19 bits per heavy atom. The zero-order valence-electron chi connectivity index (χ0n) is 15.3. The van der Waals surface area contributed by atoms with E-state index >= 15 is 0 Å². The first-order chi connectivity index (χ1) is 12.8. The maximum atomic E-state index is 12.5. The van der Waals surface area contributed by atoms with Crippen LogP contribution in [0, 0.1) is 6.92 Å². The van der Waals surface area contributed by atoms with Crippen LogP contribution >= 0.6 is 23.1 Å². The smallest absolute Gasteiger partial charge is 0.294 e. The van der Waals surface area contributed by atoms with Crippen LogP contribution < -0.4 is 5.32 Å². The lowest BCUT2D eigenvalue weighted by atomic mass is 10.0. The number of nitrogens with one attached hydrogen (secondary N) is 1. The summed E-state index contributed by atoms with van der Waals surface area (Å²) < 4.78 is 0. The monoisotopic (exact) mass is 400 g/mol. The molecular weight excluding hydrogens is 380 g/mol. The van der Waals surface area contributed by atoms with E-state index in [4.69, 9.17) is 0 Å². The Balaban J connectivity index is 1.65. The van der Waals surface area contributed by atoms with E-state index in [1.165, 1.54) is 16.9 Å². The number of aryl methyl sites for hydroxylation is 1. The molecule has 0 saturated carbocycles. The topological polar surface area (TPSA) is 66.5 Å². The van der Waals surface area contributed by atoms with Gasteiger partial charge in [0.15, 0.2) is 0 Å². The molecule has 0 atom stereocenters. The summed E-state index contributed by atoms with van der Waals surface area (Å²) in [4.78, 5) is 39.2. The van der Waals surface area contributed by atoms with Gasteiger partial charge >= 0.3 is 0 Å². The molecule has 1 aromatic heterocycles. The standard InChI is InChI=1S/C20H20N2O3S2/c1-12(2)14-4-6-15(7-5-14)21-18(23)11-22-19(24)17(27-20(22)25)10-16-13(3)8-9-26-16/h4-10,12H,11H2,1-3H3,(H,21,23)/b17-10+. The summed E-state index contributed by atoms with van der Waals surface area (Å²) in [5, 5.41) is 4.24. The molecule has 27 heavy (non-hydrogen) atoms. The molecule has 1 fully saturated rings. The van der Waals surface area contributed by atoms with Gasteiger partial charge in [0.1, 0.15) is 6.54 Å². The molecule has 0 bridgehead atoms. The summed E-state index contributed by atoms with van der Waals surface area (Å²) in [5.74, 6) is -0.421. The third-order valence-electron chi connectivity index (χ3n) is 4.20. The van der Waals surface area contributed by atoms with Crippen LogP contribution in [-0.2, 0) is 9.59 Å². The first-order valence-electron chi connectivity index (χ1n) is 8.54. The van der Waals surface area contributed by atoms with E-state index in [1.54, 1.807) is 6.08 Å². The van der Waals surface area contributed by atoms with E-state index < -0.39 is 17.1 Å². The molecule has 140 valence electrons. The fourth-order valence-electron chi connectivity index (χ4n) is 2.58. The number of anilines is 1. The maximum Gasteiger partial charge on any atom is 0.294 e. The highest BCUT2D eigenvalue weighted by atomic mass is 32.2. The Morgan fingerprint density at radius 3 is 2.48 bits per heavy atom. The number of imide groups is 1. The largest absolute Gasteiger partial charge is 0.325 e. The minimum absolute atomic E-state index is 0.294. The third-order valence-corrected chi connectivity index (χ3v) is 6.07. The van der Waals surface area contributed by atoms with Crippen LogP contribution in [0.3, 0.4) is 0 Å². The van der Waals surface area contributed by atoms with Gasteiger partial charge in [0.2, 0.25) is 5.91 Å². The van der Waals surface area contributed by atoms with Gasteiger partial charge in [-0.25, -0.2) is 0 Å². The SMILES string of the molecule is Cc1ccsc1/C=C1/SC(=O)N(CC(=O)Nc2ccc(C(C)C)cc2)C1=O. The third kappa shape index (κ3) is 4.48. The fourth-order valence-corrected chi connectivity index (χ4v) is 4.34. The van der Waals surface area contributed by atoms with Crippen LogP contribution in [0.2, 0.25) is 0 Å². The van der Waals surface area contributed by atoms with Crippen molar-refractivity contribution in [1.82, 2.24) is 4.90 Å². The van der Waals surface area contributed by atoms with Crippen molar-refractivity contribution >= 4 is 51.9 Å². The van der Waals surface area contributed by atoms with Crippen molar-refractivity contribution in [3.05, 3.63) is 56.6 Å². The zero-order chi connectivity index (χ0) is 19.6. The van der Waals surface area contributed by atoms with Crippen molar-refractivity contribution in [1.29, 1.82) is 0 Å². The van der Waals surface area contributed by atoms with Gasteiger partial charge in [0, 0.05) is 10.6 Å². The highest BCUT2D eigenvalue weighted by Gasteiger charge is 2.36. The first-order valence-corrected chi connectivity index (χ1v) is 10.2. The van der Waals surface area contributed by atoms with E-state index in [9.17, 15) is 14.4 Å². The molecule has 1 aliphatic rings. The average Bonchev–Trinajstić information content (AvgIpc) is 3.14. The Kier molecular flexibility index (Phi) is 5.82. The molecule has 1 aliphatic heterocycles. The Labute approximate surface area is 166 Å². The summed E-state index contributed by atoms with van der Waals surface area (Å²) in [7, 11) is 0. The number of hydrogen-bond acceptors (Lipinski definition) is 5. The maximum absolute atomic E-state index is 12.5. The molecule has 3 rings (SSSR count). The van der Waals surface area contributed by atoms with E-state index in [2.05, 4.69) is 19.2 Å². The number of benzene rings is 1. The number of nitrogens with zero attached hydrogens (tertiary/aromatic N) is 1. The molecule has 0 unspecified atom stereocenters. The van der Waals surface area contributed by atoms with Crippen LogP contribution in [0.25, 0.3) is 6.08 Å². The lowest BCUT2D eigenvalue weighted by molar-refractivity contribution is -0.127. The van der Waals surface area contributed by atoms with Gasteiger partial charge in [0.05, 0.1) is 4.91 Å². The first kappa shape index (κ1) is 19.4. The van der Waals surface area contributed by atoms with Gasteiger partial charge in [-0.05, 0) is 65.4 Å². The molecule has 0 spiro atoms. The molecular formula is C20H20N2O3S2. The van der Waals surface area contributed by atoms with Crippen molar-refractivity contribution < 1.29 is 14.4 Å². The van der Waals surface area contributed by atoms with Gasteiger partial charge in [-0.3, -0.25) is 19.3 Å². The highest BCUT2D eigenvalue weighted by Crippen LogP contribution is 2.33. The van der Waals surface area contributed by atoms with E-state index in [-0.39, 0.29) is 6.54 Å². The van der Waals surface area contributed by atoms with Crippen molar-refractivity contribution in [2.45, 2.75) is 26.7 Å². The second-order valence-electron chi connectivity index (χ2n) is 6.56. The van der Waals surface area contributed by atoms with Gasteiger partial charge in [-0.15, -0.1) is 11.3 Å². The van der Waals surface area contributed by atoms with Gasteiger partial charge < -0.3 is 5.32 Å². The number of carbonyl (C=O) groups is 3. The lowest BCUT2D eigenvalue weighted by Gasteiger charge is -2.13. The minimum atomic E-state index is -0.428. The van der Waals surface area contributed by atoms with Crippen LogP contribution in [0.5, 0.6) is 0 Å².